The van der Waals surface area contributed by atoms with Gasteiger partial charge in [0.1, 0.15) is 13.2 Å². The van der Waals surface area contributed by atoms with Crippen molar-refractivity contribution in [1.29, 1.82) is 0 Å². The minimum absolute atomic E-state index is 0.0237. The third-order valence-electron chi connectivity index (χ3n) is 2.18. The van der Waals surface area contributed by atoms with Crippen LogP contribution in [-0.2, 0) is 19.1 Å². The maximum Gasteiger partial charge on any atom is 0.325 e. The summed E-state index contributed by atoms with van der Waals surface area (Å²) in [5.41, 5.74) is 0. The lowest BCUT2D eigenvalue weighted by Gasteiger charge is -2.20. The third kappa shape index (κ3) is 3.87. The summed E-state index contributed by atoms with van der Waals surface area (Å²) in [4.78, 5) is 24.3. The molecule has 5 nitrogen and oxygen atoms in total. The van der Waals surface area contributed by atoms with Gasteiger partial charge in [0.05, 0.1) is 6.61 Å². The van der Waals surface area contributed by atoms with Crippen LogP contribution in [0.25, 0.3) is 0 Å². The number of hydrogen-bond acceptors (Lipinski definition) is 4. The molecular formula is C10H17NO4. The summed E-state index contributed by atoms with van der Waals surface area (Å²) in [5.74, 6) is -0.498. The Bertz CT molecular complexity index is 238. The summed E-state index contributed by atoms with van der Waals surface area (Å²) in [5, 5.41) is 0. The van der Waals surface area contributed by atoms with Crippen molar-refractivity contribution in [3.63, 3.8) is 0 Å². The zero-order valence-corrected chi connectivity index (χ0v) is 9.19. The Kier molecular flexibility index (Phi) is 4.55. The topological polar surface area (TPSA) is 55.8 Å². The van der Waals surface area contributed by atoms with Crippen LogP contribution in [0.4, 0.5) is 0 Å². The molecule has 0 bridgehead atoms. The van der Waals surface area contributed by atoms with Gasteiger partial charge in [-0.1, -0.05) is 0 Å². The normalized spacial score (nSPS) is 14.8. The number of nitrogens with zero attached hydrogens (tertiary/aromatic N) is 1. The first-order chi connectivity index (χ1) is 7.19. The van der Waals surface area contributed by atoms with Crippen LogP contribution in [0.15, 0.2) is 0 Å². The van der Waals surface area contributed by atoms with Crippen LogP contribution in [0, 0.1) is 0 Å². The standard InChI is InChI=1S/C10H17NO4/c1-3-15-10(13)6-11(8-4-5-8)9(12)7-14-2/h8H,3-7H2,1-2H3. The molecule has 0 aromatic rings. The second-order valence-electron chi connectivity index (χ2n) is 3.49. The SMILES string of the molecule is CCOC(=O)CN(C(=O)COC)C1CC1. The third-order valence-corrected chi connectivity index (χ3v) is 2.18. The van der Waals surface area contributed by atoms with Crippen LogP contribution in [0.2, 0.25) is 0 Å². The lowest BCUT2D eigenvalue weighted by molar-refractivity contribution is -0.150. The molecule has 15 heavy (non-hydrogen) atoms. The van der Waals surface area contributed by atoms with Crippen molar-refractivity contribution in [1.82, 2.24) is 4.90 Å². The van der Waals surface area contributed by atoms with Crippen LogP contribution in [0.1, 0.15) is 19.8 Å². The predicted molar refractivity (Wildman–Crippen MR) is 53.2 cm³/mol. The molecule has 1 aliphatic carbocycles. The molecule has 0 N–H and O–H groups in total. The number of hydrogen-bond donors (Lipinski definition) is 0. The van der Waals surface area contributed by atoms with Gasteiger partial charge in [-0.2, -0.15) is 0 Å². The van der Waals surface area contributed by atoms with E-state index in [1.54, 1.807) is 11.8 Å². The Morgan fingerprint density at radius 3 is 2.53 bits per heavy atom. The largest absolute Gasteiger partial charge is 0.465 e. The fraction of sp³-hybridized carbons (Fsp3) is 0.800. The van der Waals surface area contributed by atoms with Crippen LogP contribution in [-0.4, -0.2) is 49.7 Å². The van der Waals surface area contributed by atoms with Crippen molar-refractivity contribution in [3.8, 4) is 0 Å². The summed E-state index contributed by atoms with van der Waals surface area (Å²) in [7, 11) is 1.47. The number of carbonyl (C=O) groups excluding carboxylic acids is 2. The first-order valence-electron chi connectivity index (χ1n) is 5.13. The molecule has 0 heterocycles. The number of ether oxygens (including phenoxy) is 2. The second kappa shape index (κ2) is 5.70. The zero-order chi connectivity index (χ0) is 11.3. The van der Waals surface area contributed by atoms with E-state index in [1.807, 2.05) is 0 Å². The van der Waals surface area contributed by atoms with Gasteiger partial charge in [-0.25, -0.2) is 0 Å². The van der Waals surface area contributed by atoms with Gasteiger partial charge in [-0.05, 0) is 19.8 Å². The number of esters is 1. The number of carbonyl (C=O) groups is 2. The van der Waals surface area contributed by atoms with Crippen molar-refractivity contribution >= 4 is 11.9 Å². The van der Waals surface area contributed by atoms with Gasteiger partial charge in [0.25, 0.3) is 0 Å². The highest BCUT2D eigenvalue weighted by atomic mass is 16.5. The number of amides is 1. The van der Waals surface area contributed by atoms with Crippen LogP contribution >= 0.6 is 0 Å². The van der Waals surface area contributed by atoms with Gasteiger partial charge in [0.2, 0.25) is 5.91 Å². The highest BCUT2D eigenvalue weighted by molar-refractivity contribution is 5.83. The molecule has 1 saturated carbocycles. The molecule has 1 amide bonds. The molecule has 0 aromatic carbocycles. The first kappa shape index (κ1) is 12.0. The van der Waals surface area contributed by atoms with Crippen molar-refractivity contribution in [2.24, 2.45) is 0 Å². The lowest BCUT2D eigenvalue weighted by atomic mass is 10.4. The molecular weight excluding hydrogens is 198 g/mol. The van der Waals surface area contributed by atoms with Gasteiger partial charge >= 0.3 is 5.97 Å². The molecule has 1 aliphatic rings. The van der Waals surface area contributed by atoms with E-state index < -0.39 is 0 Å². The summed E-state index contributed by atoms with van der Waals surface area (Å²) in [6, 6.07) is 0.206. The van der Waals surface area contributed by atoms with Crippen LogP contribution in [0.3, 0.4) is 0 Å². The van der Waals surface area contributed by atoms with Gasteiger partial charge in [0.15, 0.2) is 0 Å². The smallest absolute Gasteiger partial charge is 0.325 e. The Labute approximate surface area is 89.3 Å². The highest BCUT2D eigenvalue weighted by Gasteiger charge is 2.33. The van der Waals surface area contributed by atoms with Crippen molar-refractivity contribution in [2.75, 3.05) is 26.9 Å². The van der Waals surface area contributed by atoms with E-state index in [1.165, 1.54) is 7.11 Å². The van der Waals surface area contributed by atoms with E-state index in [4.69, 9.17) is 9.47 Å². The van der Waals surface area contributed by atoms with Crippen LogP contribution < -0.4 is 0 Å². The maximum absolute atomic E-state index is 11.6. The minimum atomic E-state index is -0.353. The number of rotatable bonds is 6. The average Bonchev–Trinajstić information content (AvgIpc) is 2.98. The van der Waals surface area contributed by atoms with E-state index in [-0.39, 0.29) is 31.1 Å². The molecule has 0 unspecified atom stereocenters. The fourth-order valence-corrected chi connectivity index (χ4v) is 1.36. The van der Waals surface area contributed by atoms with Gasteiger partial charge in [0, 0.05) is 13.2 Å². The monoisotopic (exact) mass is 215 g/mol. The zero-order valence-electron chi connectivity index (χ0n) is 9.19. The molecule has 0 saturated heterocycles. The van der Waals surface area contributed by atoms with Crippen LogP contribution in [0.5, 0.6) is 0 Å². The molecule has 1 fully saturated rings. The molecule has 0 atom stereocenters. The molecule has 0 radical (unpaired) electrons. The number of methoxy groups -OCH3 is 1. The van der Waals surface area contributed by atoms with Gasteiger partial charge < -0.3 is 14.4 Å². The minimum Gasteiger partial charge on any atom is -0.465 e. The predicted octanol–water partition coefficient (Wildman–Crippen LogP) is 0.187. The lowest BCUT2D eigenvalue weighted by Crippen LogP contribution is -2.40. The fourth-order valence-electron chi connectivity index (χ4n) is 1.36. The van der Waals surface area contributed by atoms with Crippen molar-refractivity contribution in [2.45, 2.75) is 25.8 Å². The van der Waals surface area contributed by atoms with E-state index in [9.17, 15) is 9.59 Å². The first-order valence-corrected chi connectivity index (χ1v) is 5.13. The molecule has 0 aromatic heterocycles. The quantitative estimate of drug-likeness (QED) is 0.593. The van der Waals surface area contributed by atoms with E-state index in [0.29, 0.717) is 6.61 Å². The van der Waals surface area contributed by atoms with E-state index in [2.05, 4.69) is 0 Å². The van der Waals surface area contributed by atoms with E-state index in [0.717, 1.165) is 12.8 Å². The Hall–Kier alpha value is -1.10. The summed E-state index contributed by atoms with van der Waals surface area (Å²) >= 11 is 0. The van der Waals surface area contributed by atoms with Crippen molar-refractivity contribution in [3.05, 3.63) is 0 Å². The highest BCUT2D eigenvalue weighted by Crippen LogP contribution is 2.26. The Morgan fingerprint density at radius 1 is 1.40 bits per heavy atom. The summed E-state index contributed by atoms with van der Waals surface area (Å²) in [6.45, 7) is 2.16. The summed E-state index contributed by atoms with van der Waals surface area (Å²) < 4.78 is 9.57. The van der Waals surface area contributed by atoms with Gasteiger partial charge in [-0.3, -0.25) is 9.59 Å². The molecule has 1 rings (SSSR count). The average molecular weight is 215 g/mol. The molecule has 0 aliphatic heterocycles. The molecule has 86 valence electrons. The van der Waals surface area contributed by atoms with E-state index >= 15 is 0 Å². The van der Waals surface area contributed by atoms with Crippen molar-refractivity contribution < 1.29 is 19.1 Å². The summed E-state index contributed by atoms with van der Waals surface area (Å²) in [6.07, 6.45) is 1.93. The molecule has 5 heteroatoms. The Balaban J connectivity index is 2.43. The Morgan fingerprint density at radius 2 is 2.07 bits per heavy atom. The second-order valence-corrected chi connectivity index (χ2v) is 3.49. The molecule has 0 spiro atoms. The van der Waals surface area contributed by atoms with Gasteiger partial charge in [-0.15, -0.1) is 0 Å². The maximum atomic E-state index is 11.6.